The van der Waals surface area contributed by atoms with Crippen molar-refractivity contribution in [3.8, 4) is 17.2 Å². The Balaban J connectivity index is 1.62. The second-order valence-electron chi connectivity index (χ2n) is 8.02. The minimum absolute atomic E-state index is 0.147. The van der Waals surface area contributed by atoms with Crippen LogP contribution >= 0.6 is 23.4 Å². The van der Waals surface area contributed by atoms with Gasteiger partial charge in [-0.25, -0.2) is 4.39 Å². The maximum atomic E-state index is 13.5. The number of hydrogen-bond donors (Lipinski definition) is 0. The van der Waals surface area contributed by atoms with Gasteiger partial charge < -0.3 is 9.47 Å². The van der Waals surface area contributed by atoms with Gasteiger partial charge in [-0.15, -0.1) is 10.2 Å². The number of nitrogens with zero attached hydrogens (tertiary/aromatic N) is 4. The lowest BCUT2D eigenvalue weighted by Gasteiger charge is -2.17. The van der Waals surface area contributed by atoms with Crippen LogP contribution in [0, 0.1) is 22.9 Å². The summed E-state index contributed by atoms with van der Waals surface area (Å²) < 4.78 is 27.0. The lowest BCUT2D eigenvalue weighted by Crippen LogP contribution is -2.11. The van der Waals surface area contributed by atoms with Crippen LogP contribution in [0.15, 0.2) is 71.9 Å². The number of benzene rings is 3. The van der Waals surface area contributed by atoms with Crippen LogP contribution in [0.25, 0.3) is 5.69 Å². The first-order chi connectivity index (χ1) is 17.8. The number of rotatable bonds is 11. The van der Waals surface area contributed by atoms with Crippen molar-refractivity contribution < 1.29 is 18.8 Å². The molecular formula is C26H24ClFN4O4S. The molecule has 11 heteroatoms. The molecule has 0 bridgehead atoms. The number of aryl methyl sites for hydroxylation is 1. The van der Waals surface area contributed by atoms with Crippen LogP contribution in [0.4, 0.5) is 4.39 Å². The van der Waals surface area contributed by atoms with Gasteiger partial charge in [-0.2, -0.15) is 0 Å². The van der Waals surface area contributed by atoms with E-state index < -0.39 is 5.25 Å². The zero-order valence-electron chi connectivity index (χ0n) is 20.1. The molecule has 0 fully saturated rings. The topological polar surface area (TPSA) is 92.3 Å². The van der Waals surface area contributed by atoms with Gasteiger partial charge in [-0.1, -0.05) is 41.6 Å². The maximum absolute atomic E-state index is 13.5. The summed E-state index contributed by atoms with van der Waals surface area (Å²) in [6.45, 7) is 3.83. The molecule has 0 N–H and O–H groups in total. The van der Waals surface area contributed by atoms with Gasteiger partial charge in [0, 0.05) is 15.6 Å². The van der Waals surface area contributed by atoms with Crippen molar-refractivity contribution in [3.63, 3.8) is 0 Å². The minimum atomic E-state index is -0.582. The Morgan fingerprint density at radius 2 is 1.86 bits per heavy atom. The molecule has 4 aromatic rings. The summed E-state index contributed by atoms with van der Waals surface area (Å²) in [5.41, 5.74) is 2.14. The second-order valence-corrected chi connectivity index (χ2v) is 9.63. The molecule has 37 heavy (non-hydrogen) atoms. The summed E-state index contributed by atoms with van der Waals surface area (Å²) in [7, 11) is 0. The second kappa shape index (κ2) is 12.1. The first-order valence-corrected chi connectivity index (χ1v) is 12.7. The molecule has 0 saturated carbocycles. The van der Waals surface area contributed by atoms with Crippen molar-refractivity contribution in [1.29, 1.82) is 0 Å². The summed E-state index contributed by atoms with van der Waals surface area (Å²) in [6.07, 6.45) is 0. The molecule has 0 aliphatic heterocycles. The predicted molar refractivity (Wildman–Crippen MR) is 140 cm³/mol. The van der Waals surface area contributed by atoms with E-state index in [-0.39, 0.29) is 23.9 Å². The van der Waals surface area contributed by atoms with Gasteiger partial charge in [0.15, 0.2) is 16.7 Å². The van der Waals surface area contributed by atoms with E-state index in [1.807, 2.05) is 30.5 Å². The Hall–Kier alpha value is -3.63. The Morgan fingerprint density at radius 1 is 1.08 bits per heavy atom. The van der Waals surface area contributed by atoms with Crippen LogP contribution in [0.5, 0.6) is 11.5 Å². The number of thioether (sulfide) groups is 1. The van der Waals surface area contributed by atoms with Crippen molar-refractivity contribution in [3.05, 3.63) is 105 Å². The number of halogens is 2. The highest BCUT2D eigenvalue weighted by Crippen LogP contribution is 2.39. The molecule has 8 nitrogen and oxygen atoms in total. The number of aromatic nitrogens is 3. The lowest BCUT2D eigenvalue weighted by molar-refractivity contribution is -0.479. The van der Waals surface area contributed by atoms with Gasteiger partial charge in [-0.3, -0.25) is 14.7 Å². The molecule has 192 valence electrons. The largest absolute Gasteiger partial charge is 0.490 e. The molecular weight excluding hydrogens is 519 g/mol. The molecule has 0 saturated heterocycles. The van der Waals surface area contributed by atoms with Crippen molar-refractivity contribution in [2.45, 2.75) is 30.9 Å². The average Bonchev–Trinajstić information content (AvgIpc) is 3.23. The van der Waals surface area contributed by atoms with Crippen LogP contribution < -0.4 is 9.47 Å². The maximum Gasteiger partial charge on any atom is 0.220 e. The van der Waals surface area contributed by atoms with Gasteiger partial charge in [0.05, 0.1) is 6.61 Å². The Morgan fingerprint density at radius 3 is 2.57 bits per heavy atom. The van der Waals surface area contributed by atoms with Gasteiger partial charge in [0.1, 0.15) is 23.5 Å². The SMILES string of the molecule is CCOc1cc([C@@H](C[N+](=O)[O-])Sc2nnc(C)n2-c2ccc(Cl)cc2)ccc1OCc1cccc(F)c1. The van der Waals surface area contributed by atoms with Crippen molar-refractivity contribution >= 4 is 23.4 Å². The van der Waals surface area contributed by atoms with E-state index in [4.69, 9.17) is 21.1 Å². The molecule has 0 radical (unpaired) electrons. The zero-order chi connectivity index (χ0) is 26.4. The Kier molecular flexibility index (Phi) is 8.62. The number of ether oxygens (including phenoxy) is 2. The van der Waals surface area contributed by atoms with Crippen LogP contribution in [0.3, 0.4) is 0 Å². The summed E-state index contributed by atoms with van der Waals surface area (Å²) in [5, 5.41) is 20.6. The molecule has 0 aliphatic carbocycles. The molecule has 3 aromatic carbocycles. The van der Waals surface area contributed by atoms with E-state index >= 15 is 0 Å². The van der Waals surface area contributed by atoms with Crippen LogP contribution in [0.1, 0.15) is 29.1 Å². The average molecular weight is 543 g/mol. The third kappa shape index (κ3) is 6.78. The van der Waals surface area contributed by atoms with Crippen molar-refractivity contribution in [1.82, 2.24) is 14.8 Å². The van der Waals surface area contributed by atoms with Gasteiger partial charge in [-0.05, 0) is 73.5 Å². The van der Waals surface area contributed by atoms with Crippen LogP contribution in [-0.4, -0.2) is 32.8 Å². The molecule has 1 atom stereocenters. The predicted octanol–water partition coefficient (Wildman–Crippen LogP) is 6.46. The molecule has 0 unspecified atom stereocenters. The molecule has 1 heterocycles. The molecule has 0 aliphatic rings. The fourth-order valence-electron chi connectivity index (χ4n) is 3.68. The van der Waals surface area contributed by atoms with Gasteiger partial charge in [0.2, 0.25) is 6.54 Å². The van der Waals surface area contributed by atoms with Gasteiger partial charge >= 0.3 is 0 Å². The van der Waals surface area contributed by atoms with Crippen LogP contribution in [0.2, 0.25) is 5.02 Å². The first-order valence-electron chi connectivity index (χ1n) is 11.4. The monoisotopic (exact) mass is 542 g/mol. The normalized spacial score (nSPS) is 11.8. The summed E-state index contributed by atoms with van der Waals surface area (Å²) in [6, 6.07) is 18.6. The fourth-order valence-corrected chi connectivity index (χ4v) is 4.97. The quantitative estimate of drug-likeness (QED) is 0.122. The Bertz CT molecular complexity index is 1380. The van der Waals surface area contributed by atoms with Crippen molar-refractivity contribution in [2.24, 2.45) is 0 Å². The zero-order valence-corrected chi connectivity index (χ0v) is 21.7. The summed E-state index contributed by atoms with van der Waals surface area (Å²) in [4.78, 5) is 11.2. The number of hydrogen-bond acceptors (Lipinski definition) is 7. The standard InChI is InChI=1S/C26H24ClFN4O4S/c1-3-35-24-14-19(7-12-23(24)36-16-18-5-4-6-21(28)13-18)25(15-31(33)34)37-26-30-29-17(2)32(26)22-10-8-20(27)9-11-22/h4-14,25H,3,15-16H2,1-2H3/t25-/m1/s1. The van der Waals surface area contributed by atoms with E-state index in [2.05, 4.69) is 10.2 Å². The highest BCUT2D eigenvalue weighted by atomic mass is 35.5. The smallest absolute Gasteiger partial charge is 0.220 e. The number of nitro groups is 1. The first kappa shape index (κ1) is 26.4. The highest BCUT2D eigenvalue weighted by molar-refractivity contribution is 7.99. The van der Waals surface area contributed by atoms with E-state index in [0.29, 0.717) is 45.2 Å². The van der Waals surface area contributed by atoms with E-state index in [0.717, 1.165) is 5.69 Å². The molecule has 0 spiro atoms. The summed E-state index contributed by atoms with van der Waals surface area (Å²) >= 11 is 7.27. The fraction of sp³-hybridized carbons (Fsp3) is 0.231. The summed E-state index contributed by atoms with van der Waals surface area (Å²) in [5.74, 6) is 1.20. The Labute approximate surface area is 222 Å². The van der Waals surface area contributed by atoms with Crippen molar-refractivity contribution in [2.75, 3.05) is 13.2 Å². The van der Waals surface area contributed by atoms with Crippen LogP contribution in [-0.2, 0) is 6.61 Å². The minimum Gasteiger partial charge on any atom is -0.490 e. The lowest BCUT2D eigenvalue weighted by atomic mass is 10.1. The molecule has 0 amide bonds. The third-order valence-corrected chi connectivity index (χ3v) is 6.80. The van der Waals surface area contributed by atoms with Gasteiger partial charge in [0.25, 0.3) is 0 Å². The van der Waals surface area contributed by atoms with E-state index in [1.165, 1.54) is 23.9 Å². The molecule has 1 aromatic heterocycles. The van der Waals surface area contributed by atoms with E-state index in [9.17, 15) is 14.5 Å². The molecule has 4 rings (SSSR count). The third-order valence-electron chi connectivity index (χ3n) is 5.37. The van der Waals surface area contributed by atoms with E-state index in [1.54, 1.807) is 42.5 Å². The highest BCUT2D eigenvalue weighted by Gasteiger charge is 2.25.